The van der Waals surface area contributed by atoms with Gasteiger partial charge in [0.1, 0.15) is 0 Å². The van der Waals surface area contributed by atoms with Crippen molar-refractivity contribution >= 4 is 0 Å². The van der Waals surface area contributed by atoms with Crippen molar-refractivity contribution in [1.82, 2.24) is 0 Å². The van der Waals surface area contributed by atoms with E-state index < -0.39 is 0 Å². The number of ether oxygens (including phenoxy) is 1. The van der Waals surface area contributed by atoms with E-state index in [9.17, 15) is 0 Å². The molecule has 0 aromatic heterocycles. The van der Waals surface area contributed by atoms with Gasteiger partial charge < -0.3 is 4.74 Å². The molecule has 1 aliphatic rings. The maximum Gasteiger partial charge on any atom is 0.0580 e. The maximum atomic E-state index is 5.60. The molecule has 0 aliphatic heterocycles. The zero-order chi connectivity index (χ0) is 6.69. The Bertz CT molecular complexity index is 76.6. The van der Waals surface area contributed by atoms with Crippen LogP contribution in [0.15, 0.2) is 0 Å². The summed E-state index contributed by atoms with van der Waals surface area (Å²) in [5.41, 5.74) is 0. The normalized spacial score (nSPS) is 22.0. The highest BCUT2D eigenvalue weighted by Crippen LogP contribution is 2.25. The Labute approximate surface area is 57.4 Å². The molecule has 0 amide bonds. The monoisotopic (exact) mass is 128 g/mol. The lowest BCUT2D eigenvalue weighted by Crippen LogP contribution is -2.08. The summed E-state index contributed by atoms with van der Waals surface area (Å²) in [5.74, 6) is 0. The molecule has 1 unspecified atom stereocenters. The second-order valence-electron chi connectivity index (χ2n) is 2.93. The van der Waals surface area contributed by atoms with Gasteiger partial charge in [-0.2, -0.15) is 0 Å². The first-order chi connectivity index (χ1) is 4.33. The number of rotatable bonds is 4. The van der Waals surface area contributed by atoms with E-state index in [1.54, 1.807) is 0 Å². The molecule has 0 aromatic rings. The van der Waals surface area contributed by atoms with Gasteiger partial charge in [0.2, 0.25) is 0 Å². The van der Waals surface area contributed by atoms with Crippen molar-refractivity contribution < 1.29 is 4.74 Å². The molecule has 0 bridgehead atoms. The van der Waals surface area contributed by atoms with Crippen molar-refractivity contribution in [2.45, 2.75) is 51.7 Å². The Morgan fingerprint density at radius 1 is 1.56 bits per heavy atom. The molecule has 1 fully saturated rings. The Morgan fingerprint density at radius 3 is 2.67 bits per heavy atom. The van der Waals surface area contributed by atoms with E-state index in [2.05, 4.69) is 13.8 Å². The quantitative estimate of drug-likeness (QED) is 0.564. The minimum absolute atomic E-state index is 0.502. The van der Waals surface area contributed by atoms with Crippen molar-refractivity contribution in [3.05, 3.63) is 0 Å². The first kappa shape index (κ1) is 7.07. The second-order valence-corrected chi connectivity index (χ2v) is 2.93. The molecule has 1 rings (SSSR count). The van der Waals surface area contributed by atoms with Crippen LogP contribution in [0.4, 0.5) is 0 Å². The van der Waals surface area contributed by atoms with Crippen LogP contribution in [0, 0.1) is 0 Å². The van der Waals surface area contributed by atoms with Crippen LogP contribution in [0.1, 0.15) is 39.5 Å². The van der Waals surface area contributed by atoms with E-state index in [0.29, 0.717) is 12.2 Å². The highest BCUT2D eigenvalue weighted by atomic mass is 16.5. The van der Waals surface area contributed by atoms with E-state index in [1.807, 2.05) is 0 Å². The van der Waals surface area contributed by atoms with Crippen LogP contribution in [0.2, 0.25) is 0 Å². The molecule has 9 heavy (non-hydrogen) atoms. The lowest BCUT2D eigenvalue weighted by molar-refractivity contribution is 0.0466. The summed E-state index contributed by atoms with van der Waals surface area (Å²) in [6, 6.07) is 0. The summed E-state index contributed by atoms with van der Waals surface area (Å²) in [5, 5.41) is 0. The van der Waals surface area contributed by atoms with Crippen LogP contribution < -0.4 is 0 Å². The van der Waals surface area contributed by atoms with Gasteiger partial charge in [0, 0.05) is 0 Å². The van der Waals surface area contributed by atoms with E-state index >= 15 is 0 Å². The molecule has 0 heterocycles. The largest absolute Gasteiger partial charge is 0.375 e. The van der Waals surface area contributed by atoms with Gasteiger partial charge in [-0.25, -0.2) is 0 Å². The third kappa shape index (κ3) is 2.85. The van der Waals surface area contributed by atoms with Gasteiger partial charge in [-0.1, -0.05) is 13.3 Å². The standard InChI is InChI=1S/C8H16O/c1-3-4-7(2)9-8-5-6-8/h7-8H,3-6H2,1-2H3. The fourth-order valence-electron chi connectivity index (χ4n) is 1.01. The minimum Gasteiger partial charge on any atom is -0.375 e. The lowest BCUT2D eigenvalue weighted by atomic mass is 10.2. The summed E-state index contributed by atoms with van der Waals surface area (Å²) in [7, 11) is 0. The van der Waals surface area contributed by atoms with Crippen LogP contribution in [0.5, 0.6) is 0 Å². The summed E-state index contributed by atoms with van der Waals surface area (Å²) in [6.07, 6.45) is 6.20. The van der Waals surface area contributed by atoms with Gasteiger partial charge in [0.05, 0.1) is 12.2 Å². The predicted octanol–water partition coefficient (Wildman–Crippen LogP) is 2.35. The smallest absolute Gasteiger partial charge is 0.0580 e. The van der Waals surface area contributed by atoms with Crippen LogP contribution in [0.3, 0.4) is 0 Å². The van der Waals surface area contributed by atoms with E-state index in [0.717, 1.165) is 0 Å². The van der Waals surface area contributed by atoms with Gasteiger partial charge in [-0.15, -0.1) is 0 Å². The SMILES string of the molecule is CCCC(C)OC1CC1. The van der Waals surface area contributed by atoms with Gasteiger partial charge in [-0.3, -0.25) is 0 Å². The van der Waals surface area contributed by atoms with Crippen LogP contribution in [-0.4, -0.2) is 12.2 Å². The van der Waals surface area contributed by atoms with E-state index in [4.69, 9.17) is 4.74 Å². The van der Waals surface area contributed by atoms with Crippen molar-refractivity contribution in [3.63, 3.8) is 0 Å². The highest BCUT2D eigenvalue weighted by molar-refractivity contribution is 4.74. The average molecular weight is 128 g/mol. The third-order valence-electron chi connectivity index (χ3n) is 1.64. The summed E-state index contributed by atoms with van der Waals surface area (Å²) >= 11 is 0. The molecule has 0 aromatic carbocycles. The van der Waals surface area contributed by atoms with Crippen molar-refractivity contribution in [3.8, 4) is 0 Å². The lowest BCUT2D eigenvalue weighted by Gasteiger charge is -2.09. The maximum absolute atomic E-state index is 5.60. The molecule has 0 N–H and O–H groups in total. The Balaban J connectivity index is 1.95. The van der Waals surface area contributed by atoms with Crippen molar-refractivity contribution in [2.24, 2.45) is 0 Å². The zero-order valence-electron chi connectivity index (χ0n) is 6.39. The second kappa shape index (κ2) is 3.21. The van der Waals surface area contributed by atoms with Crippen LogP contribution >= 0.6 is 0 Å². The Hall–Kier alpha value is -0.0400. The molecular formula is C8H16O. The molecule has 0 radical (unpaired) electrons. The summed E-state index contributed by atoms with van der Waals surface area (Å²) < 4.78 is 5.60. The molecule has 0 saturated heterocycles. The van der Waals surface area contributed by atoms with E-state index in [-0.39, 0.29) is 0 Å². The van der Waals surface area contributed by atoms with Crippen molar-refractivity contribution in [1.29, 1.82) is 0 Å². The topological polar surface area (TPSA) is 9.23 Å². The first-order valence-electron chi connectivity index (χ1n) is 3.98. The Morgan fingerprint density at radius 2 is 2.22 bits per heavy atom. The fraction of sp³-hybridized carbons (Fsp3) is 1.00. The number of hydrogen-bond acceptors (Lipinski definition) is 1. The third-order valence-corrected chi connectivity index (χ3v) is 1.64. The number of hydrogen-bond donors (Lipinski definition) is 0. The van der Waals surface area contributed by atoms with Gasteiger partial charge in [-0.05, 0) is 26.2 Å². The van der Waals surface area contributed by atoms with Crippen molar-refractivity contribution in [2.75, 3.05) is 0 Å². The fourth-order valence-corrected chi connectivity index (χ4v) is 1.01. The molecule has 1 saturated carbocycles. The molecule has 1 atom stereocenters. The summed E-state index contributed by atoms with van der Waals surface area (Å²) in [6.45, 7) is 4.37. The first-order valence-corrected chi connectivity index (χ1v) is 3.98. The van der Waals surface area contributed by atoms with Gasteiger partial charge >= 0.3 is 0 Å². The highest BCUT2D eigenvalue weighted by Gasteiger charge is 2.23. The summed E-state index contributed by atoms with van der Waals surface area (Å²) in [4.78, 5) is 0. The van der Waals surface area contributed by atoms with Gasteiger partial charge in [0.25, 0.3) is 0 Å². The predicted molar refractivity (Wildman–Crippen MR) is 38.5 cm³/mol. The van der Waals surface area contributed by atoms with Gasteiger partial charge in [0.15, 0.2) is 0 Å². The molecule has 1 nitrogen and oxygen atoms in total. The van der Waals surface area contributed by atoms with Crippen LogP contribution in [0.25, 0.3) is 0 Å². The Kier molecular flexibility index (Phi) is 2.52. The van der Waals surface area contributed by atoms with E-state index in [1.165, 1.54) is 25.7 Å². The molecule has 1 heteroatoms. The van der Waals surface area contributed by atoms with Crippen LogP contribution in [-0.2, 0) is 4.74 Å². The molecule has 1 aliphatic carbocycles. The zero-order valence-corrected chi connectivity index (χ0v) is 6.39. The minimum atomic E-state index is 0.502. The molecule has 54 valence electrons. The molecular weight excluding hydrogens is 112 g/mol. The molecule has 0 spiro atoms. The average Bonchev–Trinajstić information content (AvgIpc) is 2.50.